The van der Waals surface area contributed by atoms with Gasteiger partial charge in [0.15, 0.2) is 5.82 Å². The summed E-state index contributed by atoms with van der Waals surface area (Å²) in [5.74, 6) is 2.42. The Bertz CT molecular complexity index is 718. The van der Waals surface area contributed by atoms with Crippen LogP contribution in [0.15, 0.2) is 53.7 Å². The number of nitrogens with zero attached hydrogens (tertiary/aromatic N) is 3. The molecule has 23 heavy (non-hydrogen) atoms. The third-order valence-electron chi connectivity index (χ3n) is 3.44. The monoisotopic (exact) mass is 327 g/mol. The van der Waals surface area contributed by atoms with E-state index in [1.165, 1.54) is 11.8 Å². The molecule has 0 spiro atoms. The standard InChI is InChI=1S/C17H17N3O2S/c1-21-14-8-4-12(5-9-14)16-18-17(23-3)19-20(16)13-6-10-15(22-2)11-7-13/h4-11H,1-3H3. The van der Waals surface area contributed by atoms with Crippen molar-refractivity contribution in [2.45, 2.75) is 5.16 Å². The highest BCUT2D eigenvalue weighted by Crippen LogP contribution is 2.26. The summed E-state index contributed by atoms with van der Waals surface area (Å²) in [6.45, 7) is 0. The smallest absolute Gasteiger partial charge is 0.209 e. The van der Waals surface area contributed by atoms with E-state index in [4.69, 9.17) is 9.47 Å². The maximum absolute atomic E-state index is 5.21. The van der Waals surface area contributed by atoms with Crippen molar-refractivity contribution in [3.05, 3.63) is 48.5 Å². The fourth-order valence-electron chi connectivity index (χ4n) is 2.21. The van der Waals surface area contributed by atoms with Crippen LogP contribution in [0, 0.1) is 0 Å². The zero-order chi connectivity index (χ0) is 16.2. The van der Waals surface area contributed by atoms with E-state index in [0.29, 0.717) is 0 Å². The SMILES string of the molecule is COc1ccc(-c2nc(SC)nn2-c2ccc(OC)cc2)cc1. The Hall–Kier alpha value is -2.47. The molecule has 3 aromatic rings. The van der Waals surface area contributed by atoms with Crippen molar-refractivity contribution in [2.24, 2.45) is 0 Å². The number of ether oxygens (including phenoxy) is 2. The van der Waals surface area contributed by atoms with Crippen LogP contribution in [-0.2, 0) is 0 Å². The Morgan fingerprint density at radius 3 is 1.96 bits per heavy atom. The van der Waals surface area contributed by atoms with Crippen LogP contribution >= 0.6 is 11.8 Å². The molecule has 3 rings (SSSR count). The quantitative estimate of drug-likeness (QED) is 0.669. The van der Waals surface area contributed by atoms with Gasteiger partial charge in [0.25, 0.3) is 0 Å². The van der Waals surface area contributed by atoms with Crippen LogP contribution in [-0.4, -0.2) is 35.2 Å². The van der Waals surface area contributed by atoms with Crippen molar-refractivity contribution < 1.29 is 9.47 Å². The summed E-state index contributed by atoms with van der Waals surface area (Å²) in [7, 11) is 3.31. The summed E-state index contributed by atoms with van der Waals surface area (Å²) >= 11 is 1.52. The van der Waals surface area contributed by atoms with E-state index in [0.717, 1.165) is 33.7 Å². The van der Waals surface area contributed by atoms with Crippen molar-refractivity contribution in [2.75, 3.05) is 20.5 Å². The third kappa shape index (κ3) is 3.17. The molecular weight excluding hydrogens is 310 g/mol. The fraction of sp³-hybridized carbons (Fsp3) is 0.176. The lowest BCUT2D eigenvalue weighted by atomic mass is 10.2. The van der Waals surface area contributed by atoms with Crippen molar-refractivity contribution in [3.8, 4) is 28.6 Å². The molecule has 0 saturated heterocycles. The van der Waals surface area contributed by atoms with Gasteiger partial charge in [-0.1, -0.05) is 11.8 Å². The molecule has 0 bridgehead atoms. The Morgan fingerprint density at radius 2 is 1.43 bits per heavy atom. The average Bonchev–Trinajstić information content (AvgIpc) is 3.06. The number of hydrogen-bond donors (Lipinski definition) is 0. The van der Waals surface area contributed by atoms with E-state index in [-0.39, 0.29) is 0 Å². The Kier molecular flexibility index (Phi) is 4.52. The minimum Gasteiger partial charge on any atom is -0.497 e. The van der Waals surface area contributed by atoms with E-state index in [2.05, 4.69) is 10.1 Å². The first-order chi connectivity index (χ1) is 11.2. The summed E-state index contributed by atoms with van der Waals surface area (Å²) in [4.78, 5) is 4.62. The predicted molar refractivity (Wildman–Crippen MR) is 91.7 cm³/mol. The minimum absolute atomic E-state index is 0.728. The molecule has 1 aromatic heterocycles. The molecule has 118 valence electrons. The van der Waals surface area contributed by atoms with Crippen molar-refractivity contribution in [1.82, 2.24) is 14.8 Å². The predicted octanol–water partition coefficient (Wildman–Crippen LogP) is 3.67. The zero-order valence-corrected chi connectivity index (χ0v) is 14.0. The average molecular weight is 327 g/mol. The number of benzene rings is 2. The molecule has 0 radical (unpaired) electrons. The number of aromatic nitrogens is 3. The van der Waals surface area contributed by atoms with Crippen LogP contribution in [0.2, 0.25) is 0 Å². The van der Waals surface area contributed by atoms with E-state index in [1.807, 2.05) is 59.5 Å². The number of hydrogen-bond acceptors (Lipinski definition) is 5. The van der Waals surface area contributed by atoms with E-state index >= 15 is 0 Å². The maximum Gasteiger partial charge on any atom is 0.209 e. The second-order valence-corrected chi connectivity index (χ2v) is 5.53. The van der Waals surface area contributed by atoms with E-state index < -0.39 is 0 Å². The first-order valence-electron chi connectivity index (χ1n) is 7.05. The molecule has 0 unspecified atom stereocenters. The van der Waals surface area contributed by atoms with Gasteiger partial charge in [-0.05, 0) is 54.8 Å². The highest BCUT2D eigenvalue weighted by molar-refractivity contribution is 7.98. The molecule has 0 amide bonds. The van der Waals surface area contributed by atoms with Gasteiger partial charge in [-0.2, -0.15) is 0 Å². The van der Waals surface area contributed by atoms with Gasteiger partial charge in [0, 0.05) is 5.56 Å². The summed E-state index contributed by atoms with van der Waals surface area (Å²) in [6, 6.07) is 15.5. The Balaban J connectivity index is 2.06. The molecule has 0 atom stereocenters. The van der Waals surface area contributed by atoms with Crippen LogP contribution in [0.3, 0.4) is 0 Å². The molecule has 0 saturated carbocycles. The molecule has 1 heterocycles. The van der Waals surface area contributed by atoms with Crippen molar-refractivity contribution in [1.29, 1.82) is 0 Å². The molecule has 0 N–H and O–H groups in total. The van der Waals surface area contributed by atoms with Crippen molar-refractivity contribution >= 4 is 11.8 Å². The molecule has 5 nitrogen and oxygen atoms in total. The first kappa shape index (κ1) is 15.4. The maximum atomic E-state index is 5.21. The molecule has 0 aliphatic rings. The molecule has 6 heteroatoms. The highest BCUT2D eigenvalue weighted by Gasteiger charge is 2.13. The largest absolute Gasteiger partial charge is 0.497 e. The lowest BCUT2D eigenvalue weighted by molar-refractivity contribution is 0.414. The van der Waals surface area contributed by atoms with Gasteiger partial charge in [-0.15, -0.1) is 5.10 Å². The number of methoxy groups -OCH3 is 2. The van der Waals surface area contributed by atoms with E-state index in [1.54, 1.807) is 14.2 Å². The Labute approximate surface area is 139 Å². The second kappa shape index (κ2) is 6.75. The van der Waals surface area contributed by atoms with Gasteiger partial charge in [-0.25, -0.2) is 9.67 Å². The Morgan fingerprint density at radius 1 is 0.870 bits per heavy atom. The lowest BCUT2D eigenvalue weighted by Crippen LogP contribution is -1.99. The number of thioether (sulfide) groups is 1. The van der Waals surface area contributed by atoms with Crippen LogP contribution in [0.1, 0.15) is 0 Å². The van der Waals surface area contributed by atoms with E-state index in [9.17, 15) is 0 Å². The summed E-state index contributed by atoms with van der Waals surface area (Å²) < 4.78 is 12.3. The fourth-order valence-corrected chi connectivity index (χ4v) is 2.55. The normalized spacial score (nSPS) is 10.6. The van der Waals surface area contributed by atoms with Crippen LogP contribution in [0.4, 0.5) is 0 Å². The first-order valence-corrected chi connectivity index (χ1v) is 8.27. The topological polar surface area (TPSA) is 49.2 Å². The van der Waals surface area contributed by atoms with Crippen LogP contribution < -0.4 is 9.47 Å². The van der Waals surface area contributed by atoms with Gasteiger partial charge < -0.3 is 9.47 Å². The molecule has 0 aliphatic carbocycles. The van der Waals surface area contributed by atoms with Crippen molar-refractivity contribution in [3.63, 3.8) is 0 Å². The van der Waals surface area contributed by atoms with Crippen LogP contribution in [0.5, 0.6) is 11.5 Å². The molecule has 0 aliphatic heterocycles. The number of rotatable bonds is 5. The molecule has 2 aromatic carbocycles. The second-order valence-electron chi connectivity index (χ2n) is 4.76. The zero-order valence-electron chi connectivity index (χ0n) is 13.2. The minimum atomic E-state index is 0.728. The summed E-state index contributed by atoms with van der Waals surface area (Å²) in [6.07, 6.45) is 1.96. The third-order valence-corrected chi connectivity index (χ3v) is 3.97. The molecular formula is C17H17N3O2S. The lowest BCUT2D eigenvalue weighted by Gasteiger charge is -2.07. The summed E-state index contributed by atoms with van der Waals surface area (Å²) in [5, 5.41) is 5.30. The van der Waals surface area contributed by atoms with Gasteiger partial charge in [-0.3, -0.25) is 0 Å². The van der Waals surface area contributed by atoms with Gasteiger partial charge in [0.2, 0.25) is 5.16 Å². The van der Waals surface area contributed by atoms with Gasteiger partial charge in [0.1, 0.15) is 11.5 Å². The van der Waals surface area contributed by atoms with Gasteiger partial charge in [0.05, 0.1) is 19.9 Å². The highest BCUT2D eigenvalue weighted by atomic mass is 32.2. The molecule has 0 fully saturated rings. The van der Waals surface area contributed by atoms with Gasteiger partial charge >= 0.3 is 0 Å². The van der Waals surface area contributed by atoms with Crippen LogP contribution in [0.25, 0.3) is 17.1 Å². The summed E-state index contributed by atoms with van der Waals surface area (Å²) in [5.41, 5.74) is 1.92.